The van der Waals surface area contributed by atoms with E-state index in [4.69, 9.17) is 9.66 Å². The summed E-state index contributed by atoms with van der Waals surface area (Å²) in [4.78, 5) is 9.25. The molecule has 0 rings (SSSR count). The Kier molecular flexibility index (Phi) is 14.8. The van der Waals surface area contributed by atoms with Crippen LogP contribution in [0.2, 0.25) is 0 Å². The molecule has 0 saturated heterocycles. The molecular formula is C6H12NaO5S. The van der Waals surface area contributed by atoms with E-state index in [0.29, 0.717) is 6.42 Å². The fraction of sp³-hybridized carbons (Fsp3) is 0.500. The second-order valence-electron chi connectivity index (χ2n) is 1.83. The minimum atomic E-state index is -3.67. The number of hydrogen-bond acceptors (Lipinski definition) is 3. The van der Waals surface area contributed by atoms with Crippen LogP contribution in [0.5, 0.6) is 0 Å². The van der Waals surface area contributed by atoms with Gasteiger partial charge in [-0.05, 0) is 6.42 Å². The van der Waals surface area contributed by atoms with Gasteiger partial charge in [-0.3, -0.25) is 4.55 Å². The van der Waals surface area contributed by atoms with Crippen molar-refractivity contribution in [3.05, 3.63) is 12.7 Å². The number of carbonyl (C=O) groups is 1. The van der Waals surface area contributed by atoms with Crippen molar-refractivity contribution < 1.29 is 22.9 Å². The van der Waals surface area contributed by atoms with Crippen molar-refractivity contribution >= 4 is 45.6 Å². The predicted molar refractivity (Wildman–Crippen MR) is 50.3 cm³/mol. The summed E-state index contributed by atoms with van der Waals surface area (Å²) in [5.41, 5.74) is 0. The molecule has 0 atom stereocenters. The van der Waals surface area contributed by atoms with E-state index in [1.54, 1.807) is 6.92 Å². The molecule has 73 valence electrons. The number of carboxylic acids is 1. The molecule has 0 aliphatic heterocycles. The first-order valence-electron chi connectivity index (χ1n) is 3.14. The van der Waals surface area contributed by atoms with Crippen molar-refractivity contribution in [3.63, 3.8) is 0 Å². The first-order chi connectivity index (χ1) is 5.33. The summed E-state index contributed by atoms with van der Waals surface area (Å²) in [7, 11) is -3.67. The Hall–Kier alpha value is 0.120. The Labute approximate surface area is 99.9 Å². The second-order valence-corrected chi connectivity index (χ2v) is 3.40. The maximum Gasteiger partial charge on any atom is 0.327 e. The van der Waals surface area contributed by atoms with Gasteiger partial charge in [-0.25, -0.2) is 4.79 Å². The van der Waals surface area contributed by atoms with Crippen LogP contribution in [0.15, 0.2) is 12.7 Å². The number of hydrogen-bond donors (Lipinski definition) is 2. The molecule has 0 bridgehead atoms. The normalized spacial score (nSPS) is 8.77. The van der Waals surface area contributed by atoms with Gasteiger partial charge in [-0.15, -0.1) is 0 Å². The molecule has 0 fully saturated rings. The van der Waals surface area contributed by atoms with Crippen molar-refractivity contribution in [1.82, 2.24) is 0 Å². The van der Waals surface area contributed by atoms with Crippen LogP contribution >= 0.6 is 0 Å². The van der Waals surface area contributed by atoms with Crippen molar-refractivity contribution in [1.29, 1.82) is 0 Å². The first-order valence-corrected chi connectivity index (χ1v) is 4.75. The Bertz CT molecular complexity index is 233. The van der Waals surface area contributed by atoms with Crippen LogP contribution in [0.3, 0.4) is 0 Å². The van der Waals surface area contributed by atoms with Crippen LogP contribution in [0.25, 0.3) is 0 Å². The second kappa shape index (κ2) is 10.2. The van der Waals surface area contributed by atoms with Crippen LogP contribution in [-0.4, -0.2) is 59.4 Å². The molecule has 0 heterocycles. The van der Waals surface area contributed by atoms with Crippen molar-refractivity contribution in [2.24, 2.45) is 0 Å². The summed E-state index contributed by atoms with van der Waals surface area (Å²) in [5.74, 6) is -1.11. The summed E-state index contributed by atoms with van der Waals surface area (Å²) in [6.07, 6.45) is 1.30. The summed E-state index contributed by atoms with van der Waals surface area (Å²) < 4.78 is 27.6. The SMILES string of the molecule is C=CC(=O)O.CCCS(=O)(=O)O.[Na]. The molecule has 0 spiro atoms. The number of aliphatic carboxylic acids is 1. The monoisotopic (exact) mass is 219 g/mol. The van der Waals surface area contributed by atoms with Gasteiger partial charge in [0.1, 0.15) is 0 Å². The number of carboxylic acid groups (broad SMARTS) is 1. The maximum atomic E-state index is 9.79. The van der Waals surface area contributed by atoms with Crippen LogP contribution < -0.4 is 0 Å². The molecule has 0 aromatic carbocycles. The van der Waals surface area contributed by atoms with Crippen LogP contribution in [-0.2, 0) is 14.9 Å². The van der Waals surface area contributed by atoms with Gasteiger partial charge < -0.3 is 5.11 Å². The fourth-order valence-electron chi connectivity index (χ4n) is 0.258. The number of rotatable bonds is 3. The average Bonchev–Trinajstić information content (AvgIpc) is 1.86. The molecule has 0 amide bonds. The quantitative estimate of drug-likeness (QED) is 0.401. The molecule has 1 radical (unpaired) electrons. The van der Waals surface area contributed by atoms with Crippen molar-refractivity contribution in [2.75, 3.05) is 5.75 Å². The van der Waals surface area contributed by atoms with Gasteiger partial charge in [-0.2, -0.15) is 8.42 Å². The van der Waals surface area contributed by atoms with E-state index >= 15 is 0 Å². The van der Waals surface area contributed by atoms with Gasteiger partial charge in [0, 0.05) is 35.6 Å². The average molecular weight is 219 g/mol. The van der Waals surface area contributed by atoms with E-state index < -0.39 is 16.1 Å². The van der Waals surface area contributed by atoms with Crippen molar-refractivity contribution in [2.45, 2.75) is 13.3 Å². The van der Waals surface area contributed by atoms with E-state index in [0.717, 1.165) is 6.08 Å². The van der Waals surface area contributed by atoms with Crippen molar-refractivity contribution in [3.8, 4) is 0 Å². The standard InChI is InChI=1S/C3H8O3S.C3H4O2.Na/c1-2-3-7(4,5)6;1-2-3(4)5;/h2-3H2,1H3,(H,4,5,6);2H,1H2,(H,4,5);. The minimum absolute atomic E-state index is 0. The summed E-state index contributed by atoms with van der Waals surface area (Å²) >= 11 is 0. The molecule has 2 N–H and O–H groups in total. The maximum absolute atomic E-state index is 9.79. The van der Waals surface area contributed by atoms with E-state index in [2.05, 4.69) is 6.58 Å². The third kappa shape index (κ3) is 33.1. The zero-order valence-electron chi connectivity index (χ0n) is 7.73. The molecule has 0 aliphatic rings. The predicted octanol–water partition coefficient (Wildman–Crippen LogP) is 0.160. The zero-order chi connectivity index (χ0) is 10.2. The molecule has 7 heteroatoms. The molecule has 0 saturated carbocycles. The molecule has 0 aliphatic carbocycles. The van der Waals surface area contributed by atoms with E-state index in [-0.39, 0.29) is 35.3 Å². The Morgan fingerprint density at radius 2 is 1.85 bits per heavy atom. The minimum Gasteiger partial charge on any atom is -0.478 e. The van der Waals surface area contributed by atoms with Crippen LogP contribution in [0.1, 0.15) is 13.3 Å². The Balaban J connectivity index is -0.000000150. The van der Waals surface area contributed by atoms with Gasteiger partial charge in [0.25, 0.3) is 10.1 Å². The van der Waals surface area contributed by atoms with Gasteiger partial charge >= 0.3 is 5.97 Å². The van der Waals surface area contributed by atoms with Crippen LogP contribution in [0, 0.1) is 0 Å². The van der Waals surface area contributed by atoms with Gasteiger partial charge in [0.05, 0.1) is 5.75 Å². The topological polar surface area (TPSA) is 91.7 Å². The van der Waals surface area contributed by atoms with E-state index in [1.807, 2.05) is 0 Å². The smallest absolute Gasteiger partial charge is 0.327 e. The molecule has 0 unspecified atom stereocenters. The van der Waals surface area contributed by atoms with Gasteiger partial charge in [-0.1, -0.05) is 13.5 Å². The largest absolute Gasteiger partial charge is 0.478 e. The first kappa shape index (κ1) is 18.8. The van der Waals surface area contributed by atoms with E-state index in [9.17, 15) is 13.2 Å². The third-order valence-corrected chi connectivity index (χ3v) is 1.56. The van der Waals surface area contributed by atoms with E-state index in [1.165, 1.54) is 0 Å². The summed E-state index contributed by atoms with van der Waals surface area (Å²) in [6, 6.07) is 0. The zero-order valence-corrected chi connectivity index (χ0v) is 10.5. The molecule has 5 nitrogen and oxygen atoms in total. The summed E-state index contributed by atoms with van der Waals surface area (Å²) in [5, 5.41) is 7.60. The molecule has 0 aromatic heterocycles. The third-order valence-electron chi connectivity index (χ3n) is 0.637. The Morgan fingerprint density at radius 1 is 1.54 bits per heavy atom. The summed E-state index contributed by atoms with van der Waals surface area (Å²) in [6.45, 7) is 4.65. The van der Waals surface area contributed by atoms with Crippen LogP contribution in [0.4, 0.5) is 0 Å². The Morgan fingerprint density at radius 3 is 1.85 bits per heavy atom. The molecule has 13 heavy (non-hydrogen) atoms. The molecular weight excluding hydrogens is 207 g/mol. The fourth-order valence-corrected chi connectivity index (χ4v) is 0.774. The van der Waals surface area contributed by atoms with Gasteiger partial charge in [0.2, 0.25) is 0 Å². The molecule has 0 aromatic rings. The van der Waals surface area contributed by atoms with Gasteiger partial charge in [0.15, 0.2) is 0 Å².